The summed E-state index contributed by atoms with van der Waals surface area (Å²) in [6.07, 6.45) is -3.18. The van der Waals surface area contributed by atoms with Crippen LogP contribution in [0.4, 0.5) is 13.2 Å². The molecule has 0 unspecified atom stereocenters. The predicted molar refractivity (Wildman–Crippen MR) is 72.6 cm³/mol. The molecule has 4 nitrogen and oxygen atoms in total. The third-order valence-electron chi connectivity index (χ3n) is 2.98. The zero-order chi connectivity index (χ0) is 16.3. The summed E-state index contributed by atoms with van der Waals surface area (Å²) in [6, 6.07) is 4.34. The summed E-state index contributed by atoms with van der Waals surface area (Å²) >= 11 is 0. The molecule has 1 aliphatic rings. The van der Waals surface area contributed by atoms with Gasteiger partial charge in [-0.15, -0.1) is 0 Å². The molecule has 0 atom stereocenters. The highest BCUT2D eigenvalue weighted by atomic mass is 19.4. The number of dihydropyridines is 1. The lowest BCUT2D eigenvalue weighted by molar-refractivity contribution is -0.140. The summed E-state index contributed by atoms with van der Waals surface area (Å²) in [4.78, 5) is 27.3. The van der Waals surface area contributed by atoms with E-state index >= 15 is 0 Å². The fraction of sp³-hybridized carbons (Fsp3) is 0.267. The van der Waals surface area contributed by atoms with Crippen molar-refractivity contribution in [1.29, 1.82) is 0 Å². The number of benzene rings is 1. The van der Waals surface area contributed by atoms with Gasteiger partial charge in [0.25, 0.3) is 0 Å². The van der Waals surface area contributed by atoms with Crippen molar-refractivity contribution in [2.75, 3.05) is 13.2 Å². The van der Waals surface area contributed by atoms with E-state index in [4.69, 9.17) is 4.74 Å². The number of allylic oxidation sites excluding steroid dienone is 1. The fourth-order valence-corrected chi connectivity index (χ4v) is 1.89. The Kier molecular flexibility index (Phi) is 4.44. The Hall–Kier alpha value is -2.44. The van der Waals surface area contributed by atoms with Gasteiger partial charge in [-0.2, -0.15) is 13.2 Å². The van der Waals surface area contributed by atoms with E-state index in [0.29, 0.717) is 5.56 Å². The van der Waals surface area contributed by atoms with Crippen LogP contribution >= 0.6 is 0 Å². The van der Waals surface area contributed by atoms with Gasteiger partial charge in [-0.05, 0) is 30.7 Å². The minimum Gasteiger partial charge on any atom is -0.462 e. The van der Waals surface area contributed by atoms with Crippen LogP contribution in [0.1, 0.15) is 18.1 Å². The first-order valence-corrected chi connectivity index (χ1v) is 6.47. The molecule has 0 saturated carbocycles. The normalized spacial score (nSPS) is 15.2. The molecular weight excluding hydrogens is 299 g/mol. The maximum absolute atomic E-state index is 12.5. The van der Waals surface area contributed by atoms with E-state index in [1.807, 2.05) is 0 Å². The number of carbonyl (C=O) groups excluding carboxylic acids is 2. The van der Waals surface area contributed by atoms with Crippen LogP contribution in [-0.2, 0) is 20.5 Å². The lowest BCUT2D eigenvalue weighted by Crippen LogP contribution is -2.23. The van der Waals surface area contributed by atoms with Crippen molar-refractivity contribution >= 4 is 17.5 Å². The fourth-order valence-electron chi connectivity index (χ4n) is 1.89. The van der Waals surface area contributed by atoms with E-state index in [-0.39, 0.29) is 24.4 Å². The molecule has 0 radical (unpaired) electrons. The Balaban J connectivity index is 2.29. The Morgan fingerprint density at radius 2 is 1.91 bits per heavy atom. The Bertz CT molecular complexity index is 658. The molecule has 1 heterocycles. The second kappa shape index (κ2) is 6.13. The first-order chi connectivity index (χ1) is 10.3. The average molecular weight is 311 g/mol. The molecule has 1 aromatic carbocycles. The van der Waals surface area contributed by atoms with Gasteiger partial charge in [0, 0.05) is 0 Å². The summed E-state index contributed by atoms with van der Waals surface area (Å²) < 4.78 is 42.3. The maximum Gasteiger partial charge on any atom is 0.416 e. The third kappa shape index (κ3) is 3.41. The van der Waals surface area contributed by atoms with E-state index in [2.05, 4.69) is 4.99 Å². The standard InChI is InChI=1S/C15H12F3NO3/c1-2-22-14(21)11-7-12(19-8-13(11)20)9-3-5-10(6-4-9)15(16,17)18/h3-7H,2,8H2,1H3. The van der Waals surface area contributed by atoms with E-state index in [1.165, 1.54) is 18.2 Å². The highest BCUT2D eigenvalue weighted by molar-refractivity contribution is 6.26. The molecule has 0 spiro atoms. The number of nitrogens with zero attached hydrogens (tertiary/aromatic N) is 1. The number of carbonyl (C=O) groups is 2. The largest absolute Gasteiger partial charge is 0.462 e. The van der Waals surface area contributed by atoms with Crippen LogP contribution in [0.5, 0.6) is 0 Å². The van der Waals surface area contributed by atoms with Crippen LogP contribution in [-0.4, -0.2) is 30.6 Å². The molecule has 0 N–H and O–H groups in total. The molecule has 1 aromatic rings. The average Bonchev–Trinajstić information content (AvgIpc) is 2.47. The highest BCUT2D eigenvalue weighted by Gasteiger charge is 2.30. The molecule has 2 rings (SSSR count). The Morgan fingerprint density at radius 3 is 2.45 bits per heavy atom. The topological polar surface area (TPSA) is 55.7 Å². The number of rotatable bonds is 3. The van der Waals surface area contributed by atoms with Crippen LogP contribution in [0, 0.1) is 0 Å². The monoisotopic (exact) mass is 311 g/mol. The van der Waals surface area contributed by atoms with E-state index in [1.54, 1.807) is 6.92 Å². The van der Waals surface area contributed by atoms with E-state index < -0.39 is 23.5 Å². The van der Waals surface area contributed by atoms with Crippen molar-refractivity contribution < 1.29 is 27.5 Å². The zero-order valence-corrected chi connectivity index (χ0v) is 11.6. The highest BCUT2D eigenvalue weighted by Crippen LogP contribution is 2.29. The summed E-state index contributed by atoms with van der Waals surface area (Å²) in [6.45, 7) is 1.49. The van der Waals surface area contributed by atoms with Gasteiger partial charge in [0.2, 0.25) is 0 Å². The smallest absolute Gasteiger partial charge is 0.416 e. The second-order valence-electron chi connectivity index (χ2n) is 4.48. The first kappa shape index (κ1) is 15.9. The maximum atomic E-state index is 12.5. The number of aliphatic imine (C=N–C) groups is 1. The number of hydrogen-bond donors (Lipinski definition) is 0. The SMILES string of the molecule is CCOC(=O)C1=CC(c2ccc(C(F)(F)F)cc2)=NCC1=O. The second-order valence-corrected chi connectivity index (χ2v) is 4.48. The minimum absolute atomic E-state index is 0.121. The quantitative estimate of drug-likeness (QED) is 0.637. The number of Topliss-reactive ketones (excluding diaryl/α,β-unsaturated/α-hetero) is 1. The molecule has 0 aliphatic carbocycles. The summed E-state index contributed by atoms with van der Waals surface area (Å²) in [7, 11) is 0. The number of hydrogen-bond acceptors (Lipinski definition) is 4. The number of ketones is 1. The van der Waals surface area contributed by atoms with Crippen LogP contribution in [0.3, 0.4) is 0 Å². The van der Waals surface area contributed by atoms with Gasteiger partial charge in [-0.3, -0.25) is 9.79 Å². The van der Waals surface area contributed by atoms with E-state index in [0.717, 1.165) is 12.1 Å². The Morgan fingerprint density at radius 1 is 1.27 bits per heavy atom. The van der Waals surface area contributed by atoms with Crippen molar-refractivity contribution in [3.8, 4) is 0 Å². The van der Waals surface area contributed by atoms with Crippen LogP contribution in [0.2, 0.25) is 0 Å². The van der Waals surface area contributed by atoms with Gasteiger partial charge < -0.3 is 4.74 Å². The molecule has 0 bridgehead atoms. The predicted octanol–water partition coefficient (Wildman–Crippen LogP) is 2.57. The zero-order valence-electron chi connectivity index (χ0n) is 11.6. The summed E-state index contributed by atoms with van der Waals surface area (Å²) in [5, 5.41) is 0. The Labute approximate surface area is 124 Å². The lowest BCUT2D eigenvalue weighted by Gasteiger charge is -2.12. The molecule has 0 amide bonds. The van der Waals surface area contributed by atoms with Crippen molar-refractivity contribution in [2.45, 2.75) is 13.1 Å². The number of ether oxygens (including phenoxy) is 1. The number of esters is 1. The van der Waals surface area contributed by atoms with Crippen LogP contribution in [0.25, 0.3) is 0 Å². The molecule has 116 valence electrons. The molecular formula is C15H12F3NO3. The van der Waals surface area contributed by atoms with Gasteiger partial charge in [-0.1, -0.05) is 12.1 Å². The molecule has 0 fully saturated rings. The number of halogens is 3. The van der Waals surface area contributed by atoms with Gasteiger partial charge in [0.1, 0.15) is 12.1 Å². The van der Waals surface area contributed by atoms with Crippen molar-refractivity contribution in [3.63, 3.8) is 0 Å². The van der Waals surface area contributed by atoms with Crippen molar-refractivity contribution in [2.24, 2.45) is 4.99 Å². The van der Waals surface area contributed by atoms with Crippen LogP contribution in [0.15, 0.2) is 40.9 Å². The minimum atomic E-state index is -4.42. The number of alkyl halides is 3. The van der Waals surface area contributed by atoms with Crippen molar-refractivity contribution in [3.05, 3.63) is 47.0 Å². The first-order valence-electron chi connectivity index (χ1n) is 6.47. The molecule has 0 aromatic heterocycles. The van der Waals surface area contributed by atoms with E-state index in [9.17, 15) is 22.8 Å². The van der Waals surface area contributed by atoms with Gasteiger partial charge in [-0.25, -0.2) is 4.79 Å². The molecule has 22 heavy (non-hydrogen) atoms. The third-order valence-corrected chi connectivity index (χ3v) is 2.98. The summed E-state index contributed by atoms with van der Waals surface area (Å²) in [5.41, 5.74) is -0.260. The van der Waals surface area contributed by atoms with Gasteiger partial charge in [0.15, 0.2) is 5.78 Å². The van der Waals surface area contributed by atoms with Crippen molar-refractivity contribution in [1.82, 2.24) is 0 Å². The molecule has 7 heteroatoms. The van der Waals surface area contributed by atoms with Gasteiger partial charge in [0.05, 0.1) is 17.9 Å². The summed E-state index contributed by atoms with van der Waals surface area (Å²) in [5.74, 6) is -1.24. The lowest BCUT2D eigenvalue weighted by atomic mass is 10.0. The van der Waals surface area contributed by atoms with Gasteiger partial charge >= 0.3 is 12.1 Å². The van der Waals surface area contributed by atoms with Crippen LogP contribution < -0.4 is 0 Å². The molecule has 1 aliphatic heterocycles. The molecule has 0 saturated heterocycles.